The van der Waals surface area contributed by atoms with Crippen LogP contribution < -0.4 is 0 Å². The van der Waals surface area contributed by atoms with Crippen molar-refractivity contribution >= 4 is 26.7 Å². The standard InChI is InChI=1S/C13H7BrN2/c14-6-9-5-10(7-15)11-3-1-2-4-12(11)13(9)8-16/h1-5H,6H2. The molecule has 0 N–H and O–H groups in total. The van der Waals surface area contributed by atoms with Crippen LogP contribution in [0.15, 0.2) is 30.3 Å². The van der Waals surface area contributed by atoms with Crippen LogP contribution in [0.4, 0.5) is 0 Å². The molecule has 2 aromatic carbocycles. The summed E-state index contributed by atoms with van der Waals surface area (Å²) in [6.07, 6.45) is 0. The number of hydrogen-bond acceptors (Lipinski definition) is 2. The van der Waals surface area contributed by atoms with Gasteiger partial charge in [0, 0.05) is 16.1 Å². The molecule has 0 bridgehead atoms. The van der Waals surface area contributed by atoms with Gasteiger partial charge in [0.05, 0.1) is 17.2 Å². The van der Waals surface area contributed by atoms with Gasteiger partial charge in [-0.2, -0.15) is 10.5 Å². The van der Waals surface area contributed by atoms with E-state index in [4.69, 9.17) is 10.5 Å². The normalized spacial score (nSPS) is 9.69. The van der Waals surface area contributed by atoms with E-state index in [1.165, 1.54) is 0 Å². The first-order valence-corrected chi connectivity index (χ1v) is 5.84. The van der Waals surface area contributed by atoms with Crippen LogP contribution in [-0.2, 0) is 5.33 Å². The Morgan fingerprint density at radius 1 is 1.06 bits per heavy atom. The lowest BCUT2D eigenvalue weighted by Gasteiger charge is -2.06. The summed E-state index contributed by atoms with van der Waals surface area (Å²) >= 11 is 3.34. The summed E-state index contributed by atoms with van der Waals surface area (Å²) in [4.78, 5) is 0. The summed E-state index contributed by atoms with van der Waals surface area (Å²) in [6, 6.07) is 13.6. The molecule has 0 aromatic heterocycles. The fourth-order valence-corrected chi connectivity index (χ4v) is 2.21. The van der Waals surface area contributed by atoms with Crippen molar-refractivity contribution in [2.75, 3.05) is 0 Å². The highest BCUT2D eigenvalue weighted by molar-refractivity contribution is 9.08. The molecule has 0 aliphatic rings. The molecule has 2 rings (SSSR count). The number of halogens is 1. The third-order valence-electron chi connectivity index (χ3n) is 2.50. The molecule has 0 fully saturated rings. The molecule has 0 atom stereocenters. The van der Waals surface area contributed by atoms with Gasteiger partial charge in [-0.15, -0.1) is 0 Å². The van der Waals surface area contributed by atoms with Gasteiger partial charge in [-0.1, -0.05) is 40.2 Å². The molecule has 0 amide bonds. The minimum atomic E-state index is 0.579. The van der Waals surface area contributed by atoms with Crippen LogP contribution in [0.1, 0.15) is 16.7 Å². The van der Waals surface area contributed by atoms with Gasteiger partial charge in [-0.25, -0.2) is 0 Å². The number of alkyl halides is 1. The quantitative estimate of drug-likeness (QED) is 0.745. The molecule has 0 spiro atoms. The molecule has 0 saturated carbocycles. The zero-order chi connectivity index (χ0) is 11.5. The molecule has 2 nitrogen and oxygen atoms in total. The molecule has 0 saturated heterocycles. The fourth-order valence-electron chi connectivity index (χ4n) is 1.76. The average molecular weight is 271 g/mol. The molecule has 0 radical (unpaired) electrons. The van der Waals surface area contributed by atoms with Crippen LogP contribution in [0, 0.1) is 22.7 Å². The second-order valence-electron chi connectivity index (χ2n) is 3.36. The Bertz CT molecular complexity index is 633. The van der Waals surface area contributed by atoms with Crippen LogP contribution in [0.3, 0.4) is 0 Å². The van der Waals surface area contributed by atoms with Crippen LogP contribution in [0.25, 0.3) is 10.8 Å². The topological polar surface area (TPSA) is 47.6 Å². The van der Waals surface area contributed by atoms with Gasteiger partial charge in [0.2, 0.25) is 0 Å². The van der Waals surface area contributed by atoms with Crippen LogP contribution in [0.5, 0.6) is 0 Å². The molecule has 16 heavy (non-hydrogen) atoms. The Kier molecular flexibility index (Phi) is 2.90. The van der Waals surface area contributed by atoms with E-state index in [1.807, 2.05) is 24.3 Å². The first-order valence-electron chi connectivity index (χ1n) is 4.72. The maximum atomic E-state index is 9.16. The summed E-state index contributed by atoms with van der Waals surface area (Å²) in [5.41, 5.74) is 2.12. The Morgan fingerprint density at radius 2 is 1.75 bits per heavy atom. The van der Waals surface area contributed by atoms with E-state index in [9.17, 15) is 0 Å². The SMILES string of the molecule is N#Cc1cc(CBr)c(C#N)c2ccccc12. The van der Waals surface area contributed by atoms with Gasteiger partial charge < -0.3 is 0 Å². The predicted octanol–water partition coefficient (Wildman–Crippen LogP) is 3.48. The lowest BCUT2D eigenvalue weighted by Crippen LogP contribution is -1.91. The number of hydrogen-bond donors (Lipinski definition) is 0. The van der Waals surface area contributed by atoms with Gasteiger partial charge in [0.25, 0.3) is 0 Å². The average Bonchev–Trinajstić information content (AvgIpc) is 2.36. The number of rotatable bonds is 1. The summed E-state index contributed by atoms with van der Waals surface area (Å²) in [5, 5.41) is 20.5. The van der Waals surface area contributed by atoms with E-state index in [0.717, 1.165) is 16.3 Å². The van der Waals surface area contributed by atoms with Crippen molar-refractivity contribution < 1.29 is 0 Å². The van der Waals surface area contributed by atoms with Gasteiger partial charge in [-0.05, 0) is 11.6 Å². The minimum absolute atomic E-state index is 0.579. The maximum Gasteiger partial charge on any atom is 0.100 e. The maximum absolute atomic E-state index is 9.16. The number of nitriles is 2. The Morgan fingerprint density at radius 3 is 2.31 bits per heavy atom. The molecular weight excluding hydrogens is 264 g/mol. The zero-order valence-corrected chi connectivity index (χ0v) is 9.95. The number of fused-ring (bicyclic) bond motifs is 1. The fraction of sp³-hybridized carbons (Fsp3) is 0.0769. The lowest BCUT2D eigenvalue weighted by atomic mass is 9.96. The van der Waals surface area contributed by atoms with Gasteiger partial charge >= 0.3 is 0 Å². The van der Waals surface area contributed by atoms with Gasteiger partial charge in [0.1, 0.15) is 6.07 Å². The predicted molar refractivity (Wildman–Crippen MR) is 66.0 cm³/mol. The molecule has 0 unspecified atom stereocenters. The second-order valence-corrected chi connectivity index (χ2v) is 3.92. The summed E-state index contributed by atoms with van der Waals surface area (Å²) in [6.45, 7) is 0. The van der Waals surface area contributed by atoms with Gasteiger partial charge in [-0.3, -0.25) is 0 Å². The largest absolute Gasteiger partial charge is 0.192 e. The molecule has 0 heterocycles. The van der Waals surface area contributed by atoms with Gasteiger partial charge in [0.15, 0.2) is 0 Å². The van der Waals surface area contributed by atoms with E-state index in [-0.39, 0.29) is 0 Å². The molecule has 0 aliphatic heterocycles. The molecule has 0 aliphatic carbocycles. The molecular formula is C13H7BrN2. The summed E-state index contributed by atoms with van der Waals surface area (Å²) < 4.78 is 0. The van der Waals surface area contributed by atoms with E-state index in [0.29, 0.717) is 16.5 Å². The van der Waals surface area contributed by atoms with Crippen molar-refractivity contribution in [3.05, 3.63) is 47.0 Å². The highest BCUT2D eigenvalue weighted by Crippen LogP contribution is 2.26. The van der Waals surface area contributed by atoms with E-state index in [2.05, 4.69) is 28.1 Å². The van der Waals surface area contributed by atoms with Crippen LogP contribution >= 0.6 is 15.9 Å². The Balaban J connectivity index is 2.97. The molecule has 3 heteroatoms. The first-order chi connectivity index (χ1) is 7.81. The monoisotopic (exact) mass is 270 g/mol. The molecule has 2 aromatic rings. The van der Waals surface area contributed by atoms with E-state index >= 15 is 0 Å². The number of nitrogens with zero attached hydrogens (tertiary/aromatic N) is 2. The smallest absolute Gasteiger partial charge is 0.100 e. The second kappa shape index (κ2) is 4.35. The van der Waals surface area contributed by atoms with Crippen LogP contribution in [-0.4, -0.2) is 0 Å². The third kappa shape index (κ3) is 1.56. The minimum Gasteiger partial charge on any atom is -0.192 e. The van der Waals surface area contributed by atoms with Crippen molar-refractivity contribution in [1.82, 2.24) is 0 Å². The summed E-state index contributed by atoms with van der Waals surface area (Å²) in [7, 11) is 0. The van der Waals surface area contributed by atoms with Crippen molar-refractivity contribution in [3.8, 4) is 12.1 Å². The molecule has 76 valence electrons. The van der Waals surface area contributed by atoms with Crippen molar-refractivity contribution in [3.63, 3.8) is 0 Å². The third-order valence-corrected chi connectivity index (χ3v) is 3.11. The Hall–Kier alpha value is -1.84. The highest BCUT2D eigenvalue weighted by Gasteiger charge is 2.10. The zero-order valence-electron chi connectivity index (χ0n) is 8.37. The summed E-state index contributed by atoms with van der Waals surface area (Å²) in [5.74, 6) is 0. The van der Waals surface area contributed by atoms with Crippen molar-refractivity contribution in [1.29, 1.82) is 10.5 Å². The lowest BCUT2D eigenvalue weighted by molar-refractivity contribution is 1.38. The van der Waals surface area contributed by atoms with Crippen molar-refractivity contribution in [2.24, 2.45) is 0 Å². The van der Waals surface area contributed by atoms with Crippen LogP contribution in [0.2, 0.25) is 0 Å². The van der Waals surface area contributed by atoms with Crippen molar-refractivity contribution in [2.45, 2.75) is 5.33 Å². The highest BCUT2D eigenvalue weighted by atomic mass is 79.9. The van der Waals surface area contributed by atoms with E-state index in [1.54, 1.807) is 6.07 Å². The van der Waals surface area contributed by atoms with E-state index < -0.39 is 0 Å². The first kappa shape index (κ1) is 10.7. The number of benzene rings is 2. The Labute approximate surface area is 102 Å².